The normalized spacial score (nSPS) is 15.6. The molecule has 158 valence electrons. The van der Waals surface area contributed by atoms with Crippen LogP contribution in [0.1, 0.15) is 55.4 Å². The molecule has 1 aromatic heterocycles. The molecule has 0 aliphatic carbocycles. The zero-order valence-electron chi connectivity index (χ0n) is 17.5. The van der Waals surface area contributed by atoms with Gasteiger partial charge in [0.05, 0.1) is 27.4 Å². The highest BCUT2D eigenvalue weighted by Crippen LogP contribution is 2.30. The van der Waals surface area contributed by atoms with E-state index < -0.39 is 15.9 Å². The molecular formula is C20H28N4O4S. The highest BCUT2D eigenvalue weighted by molar-refractivity contribution is 7.89. The van der Waals surface area contributed by atoms with E-state index >= 15 is 0 Å². The van der Waals surface area contributed by atoms with Gasteiger partial charge in [-0.3, -0.25) is 9.48 Å². The molecule has 0 spiro atoms. The highest BCUT2D eigenvalue weighted by atomic mass is 32.2. The van der Waals surface area contributed by atoms with Crippen LogP contribution in [0.4, 0.5) is 5.69 Å². The van der Waals surface area contributed by atoms with Crippen molar-refractivity contribution in [2.24, 2.45) is 0 Å². The molecule has 2 N–H and O–H groups in total. The van der Waals surface area contributed by atoms with E-state index in [1.165, 1.54) is 22.5 Å². The van der Waals surface area contributed by atoms with Gasteiger partial charge in [-0.05, 0) is 65.7 Å². The SMILES string of the molecule is Cc1nn(C(C)(C)C)c(C)c1C(=O)Nc1cc(S(=O)(=O)N2CCCC2)ccc1O. The van der Waals surface area contributed by atoms with Crippen LogP contribution < -0.4 is 5.32 Å². The molecule has 1 fully saturated rings. The number of carbonyl (C=O) groups is 1. The van der Waals surface area contributed by atoms with Crippen LogP contribution in [0.15, 0.2) is 23.1 Å². The smallest absolute Gasteiger partial charge is 0.259 e. The summed E-state index contributed by atoms with van der Waals surface area (Å²) in [6.45, 7) is 10.5. The minimum Gasteiger partial charge on any atom is -0.506 e. The maximum atomic E-state index is 12.9. The molecule has 0 unspecified atom stereocenters. The number of hydrogen-bond donors (Lipinski definition) is 2. The maximum absolute atomic E-state index is 12.9. The molecule has 1 aliphatic heterocycles. The number of anilines is 1. The fourth-order valence-electron chi connectivity index (χ4n) is 3.66. The molecule has 0 bridgehead atoms. The summed E-state index contributed by atoms with van der Waals surface area (Å²) in [5.74, 6) is -0.640. The third-order valence-corrected chi connectivity index (χ3v) is 6.97. The van der Waals surface area contributed by atoms with Gasteiger partial charge in [0.15, 0.2) is 0 Å². The second-order valence-corrected chi connectivity index (χ2v) is 10.3. The Morgan fingerprint density at radius 3 is 2.34 bits per heavy atom. The second kappa shape index (κ2) is 7.46. The van der Waals surface area contributed by atoms with E-state index in [1.807, 2.05) is 27.7 Å². The van der Waals surface area contributed by atoms with E-state index in [-0.39, 0.29) is 21.9 Å². The Morgan fingerprint density at radius 2 is 1.79 bits per heavy atom. The van der Waals surface area contributed by atoms with Gasteiger partial charge in [0, 0.05) is 18.8 Å². The number of phenolic OH excluding ortho intramolecular Hbond substituents is 1. The predicted molar refractivity (Wildman–Crippen MR) is 111 cm³/mol. The maximum Gasteiger partial charge on any atom is 0.259 e. The number of rotatable bonds is 4. The highest BCUT2D eigenvalue weighted by Gasteiger charge is 2.29. The van der Waals surface area contributed by atoms with Gasteiger partial charge in [0.1, 0.15) is 5.75 Å². The Bertz CT molecular complexity index is 1050. The lowest BCUT2D eigenvalue weighted by Crippen LogP contribution is -2.28. The van der Waals surface area contributed by atoms with Crippen molar-refractivity contribution in [2.45, 2.75) is 57.9 Å². The van der Waals surface area contributed by atoms with Crippen LogP contribution in [0.5, 0.6) is 5.75 Å². The van der Waals surface area contributed by atoms with Crippen molar-refractivity contribution in [3.8, 4) is 5.75 Å². The number of aromatic hydroxyl groups is 1. The summed E-state index contributed by atoms with van der Waals surface area (Å²) in [4.78, 5) is 13.0. The molecule has 1 aromatic carbocycles. The lowest BCUT2D eigenvalue weighted by atomic mass is 10.1. The van der Waals surface area contributed by atoms with E-state index in [4.69, 9.17) is 0 Å². The molecule has 2 heterocycles. The van der Waals surface area contributed by atoms with Gasteiger partial charge >= 0.3 is 0 Å². The van der Waals surface area contributed by atoms with Gasteiger partial charge in [-0.1, -0.05) is 0 Å². The minimum absolute atomic E-state index is 0.0475. The molecule has 0 atom stereocenters. The number of aromatic nitrogens is 2. The van der Waals surface area contributed by atoms with Crippen LogP contribution in [0.25, 0.3) is 0 Å². The number of carbonyl (C=O) groups excluding carboxylic acids is 1. The Labute approximate surface area is 171 Å². The molecule has 3 rings (SSSR count). The van der Waals surface area contributed by atoms with Crippen LogP contribution in [0.3, 0.4) is 0 Å². The monoisotopic (exact) mass is 420 g/mol. The zero-order valence-corrected chi connectivity index (χ0v) is 18.3. The average molecular weight is 421 g/mol. The first-order valence-corrected chi connectivity index (χ1v) is 11.1. The molecule has 29 heavy (non-hydrogen) atoms. The van der Waals surface area contributed by atoms with Crippen LogP contribution in [0.2, 0.25) is 0 Å². The van der Waals surface area contributed by atoms with Gasteiger partial charge in [-0.15, -0.1) is 0 Å². The van der Waals surface area contributed by atoms with E-state index in [0.29, 0.717) is 30.0 Å². The van der Waals surface area contributed by atoms with Crippen LogP contribution >= 0.6 is 0 Å². The number of hydrogen-bond acceptors (Lipinski definition) is 5. The molecular weight excluding hydrogens is 392 g/mol. The largest absolute Gasteiger partial charge is 0.506 e. The number of nitrogens with zero attached hydrogens (tertiary/aromatic N) is 3. The molecule has 8 nitrogen and oxygen atoms in total. The number of aryl methyl sites for hydroxylation is 1. The minimum atomic E-state index is -3.66. The van der Waals surface area contributed by atoms with Gasteiger partial charge in [0.2, 0.25) is 10.0 Å². The summed E-state index contributed by atoms with van der Waals surface area (Å²) in [7, 11) is -3.66. The summed E-state index contributed by atoms with van der Waals surface area (Å²) in [6, 6.07) is 3.95. The third-order valence-electron chi connectivity index (χ3n) is 5.07. The average Bonchev–Trinajstić information content (AvgIpc) is 3.25. The third kappa shape index (κ3) is 4.02. The van der Waals surface area contributed by atoms with E-state index in [9.17, 15) is 18.3 Å². The Morgan fingerprint density at radius 1 is 1.17 bits per heavy atom. The Kier molecular flexibility index (Phi) is 5.48. The molecule has 9 heteroatoms. The van der Waals surface area contributed by atoms with Crippen LogP contribution in [-0.4, -0.2) is 46.6 Å². The summed E-state index contributed by atoms with van der Waals surface area (Å²) >= 11 is 0. The summed E-state index contributed by atoms with van der Waals surface area (Å²) < 4.78 is 28.8. The van der Waals surface area contributed by atoms with E-state index in [0.717, 1.165) is 12.8 Å². The topological polar surface area (TPSA) is 105 Å². The van der Waals surface area contributed by atoms with E-state index in [2.05, 4.69) is 10.4 Å². The van der Waals surface area contributed by atoms with E-state index in [1.54, 1.807) is 11.6 Å². The van der Waals surface area contributed by atoms with Gasteiger partial charge < -0.3 is 10.4 Å². The lowest BCUT2D eigenvalue weighted by Gasteiger charge is -2.21. The van der Waals surface area contributed by atoms with Crippen molar-refractivity contribution >= 4 is 21.6 Å². The predicted octanol–water partition coefficient (Wildman–Crippen LogP) is 3.00. The summed E-state index contributed by atoms with van der Waals surface area (Å²) in [5.41, 5.74) is 1.44. The van der Waals surface area contributed by atoms with Crippen molar-refractivity contribution in [1.29, 1.82) is 0 Å². The number of phenols is 1. The van der Waals surface area contributed by atoms with Gasteiger partial charge in [-0.25, -0.2) is 8.42 Å². The second-order valence-electron chi connectivity index (χ2n) is 8.37. The quantitative estimate of drug-likeness (QED) is 0.740. The van der Waals surface area contributed by atoms with Crippen LogP contribution in [-0.2, 0) is 15.6 Å². The van der Waals surface area contributed by atoms with Crippen molar-refractivity contribution in [3.63, 3.8) is 0 Å². The first-order chi connectivity index (χ1) is 13.4. The first-order valence-electron chi connectivity index (χ1n) is 9.64. The molecule has 1 aliphatic rings. The fraction of sp³-hybridized carbons (Fsp3) is 0.500. The zero-order chi connectivity index (χ0) is 21.6. The number of benzene rings is 1. The van der Waals surface area contributed by atoms with Gasteiger partial charge in [0.25, 0.3) is 5.91 Å². The van der Waals surface area contributed by atoms with Crippen molar-refractivity contribution in [3.05, 3.63) is 35.2 Å². The van der Waals surface area contributed by atoms with Crippen molar-refractivity contribution in [2.75, 3.05) is 18.4 Å². The fourth-order valence-corrected chi connectivity index (χ4v) is 5.21. The lowest BCUT2D eigenvalue weighted by molar-refractivity contribution is 0.102. The van der Waals surface area contributed by atoms with Crippen molar-refractivity contribution in [1.82, 2.24) is 14.1 Å². The number of amides is 1. The Balaban J connectivity index is 1.93. The molecule has 0 saturated carbocycles. The molecule has 0 radical (unpaired) electrons. The number of nitrogens with one attached hydrogen (secondary N) is 1. The number of sulfonamides is 1. The molecule has 1 saturated heterocycles. The van der Waals surface area contributed by atoms with Crippen molar-refractivity contribution < 1.29 is 18.3 Å². The molecule has 2 aromatic rings. The first kappa shape index (κ1) is 21.3. The van der Waals surface area contributed by atoms with Gasteiger partial charge in [-0.2, -0.15) is 9.40 Å². The molecule has 1 amide bonds. The summed E-state index contributed by atoms with van der Waals surface area (Å²) in [6.07, 6.45) is 1.66. The standard InChI is InChI=1S/C20H28N4O4S/c1-13-18(14(2)24(22-13)20(3,4)5)19(26)21-16-12-15(8-9-17(16)25)29(27,28)23-10-6-7-11-23/h8-9,12,25H,6-7,10-11H2,1-5H3,(H,21,26). The summed E-state index contributed by atoms with van der Waals surface area (Å²) in [5, 5.41) is 17.3. The Hall–Kier alpha value is -2.39. The van der Waals surface area contributed by atoms with Crippen LogP contribution in [0, 0.1) is 13.8 Å².